The van der Waals surface area contributed by atoms with Crippen LogP contribution in [0.2, 0.25) is 0 Å². The lowest BCUT2D eigenvalue weighted by Crippen LogP contribution is -2.40. The molecule has 0 unspecified atom stereocenters. The van der Waals surface area contributed by atoms with Crippen LogP contribution >= 0.6 is 0 Å². The van der Waals surface area contributed by atoms with E-state index in [4.69, 9.17) is 0 Å². The van der Waals surface area contributed by atoms with E-state index in [0.717, 1.165) is 31.4 Å². The minimum absolute atomic E-state index is 0.00995. The fourth-order valence-electron chi connectivity index (χ4n) is 3.47. The second-order valence-electron chi connectivity index (χ2n) is 7.52. The summed E-state index contributed by atoms with van der Waals surface area (Å²) in [5.74, 6) is 0.589. The molecule has 3 heteroatoms. The summed E-state index contributed by atoms with van der Waals surface area (Å²) in [7, 11) is 0. The van der Waals surface area contributed by atoms with E-state index in [-0.39, 0.29) is 17.2 Å². The number of piperidine rings is 1. The summed E-state index contributed by atoms with van der Waals surface area (Å²) < 4.78 is 0. The molecule has 1 aromatic rings. The van der Waals surface area contributed by atoms with Crippen LogP contribution in [0, 0.1) is 6.92 Å². The molecular weight excluding hydrogens is 274 g/mol. The number of phenolic OH excluding ortho intramolecular Hbond substituents is 1. The van der Waals surface area contributed by atoms with Crippen LogP contribution in [0.25, 0.3) is 0 Å². The van der Waals surface area contributed by atoms with Gasteiger partial charge in [0.2, 0.25) is 0 Å². The van der Waals surface area contributed by atoms with Crippen LogP contribution in [0.3, 0.4) is 0 Å². The Morgan fingerprint density at radius 2 is 2.00 bits per heavy atom. The Bertz CT molecular complexity index is 557. The first-order valence-electron chi connectivity index (χ1n) is 8.15. The van der Waals surface area contributed by atoms with Gasteiger partial charge in [-0.1, -0.05) is 39.8 Å². The van der Waals surface area contributed by atoms with Crippen molar-refractivity contribution < 1.29 is 10.2 Å². The molecule has 0 saturated carbocycles. The molecule has 0 aliphatic carbocycles. The van der Waals surface area contributed by atoms with Gasteiger partial charge >= 0.3 is 0 Å². The first kappa shape index (κ1) is 16.9. The normalized spacial score (nSPS) is 20.1. The first-order valence-corrected chi connectivity index (χ1v) is 8.15. The summed E-state index contributed by atoms with van der Waals surface area (Å²) in [4.78, 5) is 2.22. The van der Waals surface area contributed by atoms with E-state index >= 15 is 0 Å². The van der Waals surface area contributed by atoms with E-state index in [0.29, 0.717) is 12.3 Å². The van der Waals surface area contributed by atoms with Crippen LogP contribution in [-0.4, -0.2) is 27.7 Å². The molecule has 0 aromatic heterocycles. The minimum Gasteiger partial charge on any atom is -0.511 e. The van der Waals surface area contributed by atoms with E-state index in [1.54, 1.807) is 0 Å². The van der Waals surface area contributed by atoms with Crippen molar-refractivity contribution in [2.45, 2.75) is 65.0 Å². The van der Waals surface area contributed by atoms with Gasteiger partial charge in [-0.3, -0.25) is 4.90 Å². The van der Waals surface area contributed by atoms with Gasteiger partial charge in [0.1, 0.15) is 11.5 Å². The Hall–Kier alpha value is -1.48. The number of nitrogens with zero attached hydrogens (tertiary/aromatic N) is 1. The molecule has 22 heavy (non-hydrogen) atoms. The van der Waals surface area contributed by atoms with E-state index in [9.17, 15) is 10.2 Å². The molecule has 2 rings (SSSR count). The standard InChI is InChI=1S/C19H29NO2/c1-13-10-15(18(22)11-16(13)19(3,4)5)12-20-9-7-6-8-17(20)14(2)21/h10-11,17,21-22H,2,6-9,12H2,1,3-5H3/t17-/m0/s1. The predicted molar refractivity (Wildman–Crippen MR) is 91.4 cm³/mol. The maximum absolute atomic E-state index is 10.4. The molecule has 122 valence electrons. The molecule has 0 radical (unpaired) electrons. The summed E-state index contributed by atoms with van der Waals surface area (Å²) in [6, 6.07) is 4.00. The maximum Gasteiger partial charge on any atom is 0.120 e. The van der Waals surface area contributed by atoms with Gasteiger partial charge in [-0.15, -0.1) is 0 Å². The second-order valence-corrected chi connectivity index (χ2v) is 7.52. The van der Waals surface area contributed by atoms with Gasteiger partial charge in [0, 0.05) is 12.1 Å². The number of aliphatic hydroxyl groups is 1. The number of aromatic hydroxyl groups is 1. The number of aryl methyl sites for hydroxylation is 1. The number of hydrogen-bond donors (Lipinski definition) is 2. The van der Waals surface area contributed by atoms with Crippen molar-refractivity contribution >= 4 is 0 Å². The van der Waals surface area contributed by atoms with Crippen molar-refractivity contribution in [2.24, 2.45) is 0 Å². The summed E-state index contributed by atoms with van der Waals surface area (Å²) >= 11 is 0. The topological polar surface area (TPSA) is 43.7 Å². The van der Waals surface area contributed by atoms with Crippen LogP contribution < -0.4 is 0 Å². The fourth-order valence-corrected chi connectivity index (χ4v) is 3.47. The van der Waals surface area contributed by atoms with Gasteiger partial charge in [0.25, 0.3) is 0 Å². The minimum atomic E-state index is 0.00995. The van der Waals surface area contributed by atoms with E-state index in [2.05, 4.69) is 45.2 Å². The largest absolute Gasteiger partial charge is 0.511 e. The average Bonchev–Trinajstić information content (AvgIpc) is 2.41. The van der Waals surface area contributed by atoms with Crippen LogP contribution in [0.5, 0.6) is 5.75 Å². The monoisotopic (exact) mass is 303 g/mol. The Morgan fingerprint density at radius 1 is 1.32 bits per heavy atom. The molecular formula is C19H29NO2. The Balaban J connectivity index is 2.26. The van der Waals surface area contributed by atoms with Crippen molar-refractivity contribution in [3.05, 3.63) is 41.2 Å². The van der Waals surface area contributed by atoms with Gasteiger partial charge < -0.3 is 10.2 Å². The molecule has 0 bridgehead atoms. The maximum atomic E-state index is 10.4. The molecule has 1 fully saturated rings. The molecule has 1 aliphatic rings. The Kier molecular flexibility index (Phi) is 4.86. The highest BCUT2D eigenvalue weighted by atomic mass is 16.3. The van der Waals surface area contributed by atoms with E-state index < -0.39 is 0 Å². The third-order valence-corrected chi connectivity index (χ3v) is 4.61. The Morgan fingerprint density at radius 3 is 2.59 bits per heavy atom. The third-order valence-electron chi connectivity index (χ3n) is 4.61. The van der Waals surface area contributed by atoms with Gasteiger partial charge in [-0.2, -0.15) is 0 Å². The second kappa shape index (κ2) is 6.33. The zero-order chi connectivity index (χ0) is 16.5. The van der Waals surface area contributed by atoms with Crippen LogP contribution in [0.15, 0.2) is 24.5 Å². The molecule has 2 N–H and O–H groups in total. The molecule has 1 aromatic carbocycles. The summed E-state index contributed by atoms with van der Waals surface area (Å²) in [5.41, 5.74) is 3.33. The number of hydrogen-bond acceptors (Lipinski definition) is 3. The molecule has 3 nitrogen and oxygen atoms in total. The van der Waals surface area contributed by atoms with Crippen molar-refractivity contribution in [3.8, 4) is 5.75 Å². The number of phenols is 1. The highest BCUT2D eigenvalue weighted by Gasteiger charge is 2.26. The summed E-state index contributed by atoms with van der Waals surface area (Å²) in [6.45, 7) is 13.9. The van der Waals surface area contributed by atoms with Crippen LogP contribution in [0.4, 0.5) is 0 Å². The van der Waals surface area contributed by atoms with E-state index in [1.807, 2.05) is 6.07 Å². The lowest BCUT2D eigenvalue weighted by molar-refractivity contribution is 0.127. The third kappa shape index (κ3) is 3.64. The van der Waals surface area contributed by atoms with Gasteiger partial charge in [0.05, 0.1) is 6.04 Å². The summed E-state index contributed by atoms with van der Waals surface area (Å²) in [6.07, 6.45) is 3.19. The van der Waals surface area contributed by atoms with Gasteiger partial charge in [0.15, 0.2) is 0 Å². The molecule has 1 saturated heterocycles. The van der Waals surface area contributed by atoms with Crippen molar-refractivity contribution in [1.29, 1.82) is 0 Å². The highest BCUT2D eigenvalue weighted by molar-refractivity contribution is 5.44. The zero-order valence-electron chi connectivity index (χ0n) is 14.3. The zero-order valence-corrected chi connectivity index (χ0v) is 14.3. The van der Waals surface area contributed by atoms with Crippen molar-refractivity contribution in [1.82, 2.24) is 4.90 Å². The fraction of sp³-hybridized carbons (Fsp3) is 0.579. The molecule has 0 amide bonds. The Labute approximate surface area is 134 Å². The molecule has 1 heterocycles. The number of rotatable bonds is 3. The molecule has 0 spiro atoms. The number of likely N-dealkylation sites (tertiary alicyclic amines) is 1. The molecule has 1 aliphatic heterocycles. The van der Waals surface area contributed by atoms with Gasteiger partial charge in [-0.05, 0) is 48.9 Å². The van der Waals surface area contributed by atoms with Gasteiger partial charge in [-0.25, -0.2) is 0 Å². The van der Waals surface area contributed by atoms with Crippen molar-refractivity contribution in [3.63, 3.8) is 0 Å². The van der Waals surface area contributed by atoms with Crippen LogP contribution in [-0.2, 0) is 12.0 Å². The predicted octanol–water partition coefficient (Wildman–Crippen LogP) is 4.42. The average molecular weight is 303 g/mol. The first-order chi connectivity index (χ1) is 10.2. The lowest BCUT2D eigenvalue weighted by Gasteiger charge is -2.35. The van der Waals surface area contributed by atoms with Crippen LogP contribution in [0.1, 0.15) is 56.7 Å². The number of aliphatic hydroxyl groups excluding tert-OH is 1. The SMILES string of the molecule is C=C(O)[C@@H]1CCCCN1Cc1cc(C)c(C(C)(C)C)cc1O. The smallest absolute Gasteiger partial charge is 0.120 e. The highest BCUT2D eigenvalue weighted by Crippen LogP contribution is 2.33. The molecule has 1 atom stereocenters. The van der Waals surface area contributed by atoms with E-state index in [1.165, 1.54) is 11.1 Å². The lowest BCUT2D eigenvalue weighted by atomic mass is 9.83. The number of benzene rings is 1. The summed E-state index contributed by atoms with van der Waals surface area (Å²) in [5, 5.41) is 20.2. The quantitative estimate of drug-likeness (QED) is 0.812. The van der Waals surface area contributed by atoms with Crippen molar-refractivity contribution in [2.75, 3.05) is 6.54 Å².